The maximum absolute atomic E-state index is 13.5. The zero-order chi connectivity index (χ0) is 17.0. The summed E-state index contributed by atoms with van der Waals surface area (Å²) in [5, 5.41) is 9.18. The number of likely N-dealkylation sites (tertiary alicyclic amines) is 1. The minimum atomic E-state index is -0.930. The molecule has 0 aliphatic carbocycles. The minimum Gasteiger partial charge on any atom is -0.465 e. The van der Waals surface area contributed by atoms with Gasteiger partial charge in [0.05, 0.1) is 0 Å². The second kappa shape index (κ2) is 7.44. The van der Waals surface area contributed by atoms with E-state index in [1.54, 1.807) is 24.0 Å². The Morgan fingerprint density at radius 1 is 1.48 bits per heavy atom. The Bertz CT molecular complexity index is 579. The largest absolute Gasteiger partial charge is 0.465 e. The highest BCUT2D eigenvalue weighted by Gasteiger charge is 2.32. The van der Waals surface area contributed by atoms with E-state index in [2.05, 4.69) is 0 Å². The smallest absolute Gasteiger partial charge is 0.407 e. The molecule has 6 heteroatoms. The standard InChI is InChI=1S/C17H23FN2O3/c1-3-16(21)20(15-8-4-7-14(18)10-15)12(2)13-6-5-9-19(11-13)17(22)23/h4,7-8,10,12-13H,3,5-6,9,11H2,1-2H3,(H,22,23). The summed E-state index contributed by atoms with van der Waals surface area (Å²) < 4.78 is 13.5. The van der Waals surface area contributed by atoms with E-state index in [9.17, 15) is 19.1 Å². The molecular formula is C17H23FN2O3. The summed E-state index contributed by atoms with van der Waals surface area (Å²) in [6.45, 7) is 4.61. The molecule has 1 N–H and O–H groups in total. The van der Waals surface area contributed by atoms with Crippen molar-refractivity contribution >= 4 is 17.7 Å². The Balaban J connectivity index is 2.24. The van der Waals surface area contributed by atoms with E-state index in [-0.39, 0.29) is 23.7 Å². The van der Waals surface area contributed by atoms with Gasteiger partial charge in [-0.05, 0) is 43.9 Å². The van der Waals surface area contributed by atoms with Gasteiger partial charge in [-0.2, -0.15) is 0 Å². The molecule has 2 unspecified atom stereocenters. The van der Waals surface area contributed by atoms with Gasteiger partial charge in [-0.15, -0.1) is 0 Å². The van der Waals surface area contributed by atoms with Crippen LogP contribution in [0.15, 0.2) is 24.3 Å². The predicted octanol–water partition coefficient (Wildman–Crippen LogP) is 3.35. The van der Waals surface area contributed by atoms with Gasteiger partial charge in [-0.3, -0.25) is 4.79 Å². The van der Waals surface area contributed by atoms with Crippen molar-refractivity contribution in [3.05, 3.63) is 30.1 Å². The number of benzene rings is 1. The monoisotopic (exact) mass is 322 g/mol. The summed E-state index contributed by atoms with van der Waals surface area (Å²) >= 11 is 0. The van der Waals surface area contributed by atoms with Crippen LogP contribution in [0.5, 0.6) is 0 Å². The third-order valence-electron chi connectivity index (χ3n) is 4.48. The van der Waals surface area contributed by atoms with Crippen molar-refractivity contribution in [1.29, 1.82) is 0 Å². The van der Waals surface area contributed by atoms with E-state index in [0.29, 0.717) is 25.2 Å². The number of anilines is 1. The summed E-state index contributed by atoms with van der Waals surface area (Å²) in [6, 6.07) is 5.80. The molecule has 1 fully saturated rings. The van der Waals surface area contributed by atoms with E-state index in [1.165, 1.54) is 17.0 Å². The van der Waals surface area contributed by atoms with Gasteiger partial charge in [-0.1, -0.05) is 13.0 Å². The molecule has 0 bridgehead atoms. The average Bonchev–Trinajstić information content (AvgIpc) is 2.55. The van der Waals surface area contributed by atoms with E-state index in [4.69, 9.17) is 0 Å². The van der Waals surface area contributed by atoms with Crippen LogP contribution < -0.4 is 4.90 Å². The van der Waals surface area contributed by atoms with Crippen LogP contribution in [-0.4, -0.2) is 41.1 Å². The molecule has 23 heavy (non-hydrogen) atoms. The van der Waals surface area contributed by atoms with Gasteiger partial charge in [0.1, 0.15) is 5.82 Å². The fraction of sp³-hybridized carbons (Fsp3) is 0.529. The molecule has 0 saturated carbocycles. The first-order chi connectivity index (χ1) is 10.9. The Labute approximate surface area is 135 Å². The molecule has 2 rings (SSSR count). The maximum Gasteiger partial charge on any atom is 0.407 e. The molecule has 1 aromatic carbocycles. The molecule has 0 radical (unpaired) electrons. The molecule has 1 aliphatic rings. The quantitative estimate of drug-likeness (QED) is 0.925. The number of piperidine rings is 1. The van der Waals surface area contributed by atoms with Gasteiger partial charge in [0.2, 0.25) is 5.91 Å². The molecule has 5 nitrogen and oxygen atoms in total. The number of amides is 2. The third kappa shape index (κ3) is 4.00. The van der Waals surface area contributed by atoms with Crippen molar-refractivity contribution in [2.24, 2.45) is 5.92 Å². The molecule has 126 valence electrons. The Hall–Kier alpha value is -2.11. The molecule has 0 spiro atoms. The second-order valence-corrected chi connectivity index (χ2v) is 5.97. The summed E-state index contributed by atoms with van der Waals surface area (Å²) in [5.41, 5.74) is 0.525. The first kappa shape index (κ1) is 17.2. The SMILES string of the molecule is CCC(=O)N(c1cccc(F)c1)C(C)C1CCCN(C(=O)O)C1. The van der Waals surface area contributed by atoms with Gasteiger partial charge in [-0.25, -0.2) is 9.18 Å². The third-order valence-corrected chi connectivity index (χ3v) is 4.48. The van der Waals surface area contributed by atoms with Crippen molar-refractivity contribution in [3.8, 4) is 0 Å². The zero-order valence-electron chi connectivity index (χ0n) is 13.5. The van der Waals surface area contributed by atoms with Crippen LogP contribution in [0.2, 0.25) is 0 Å². The van der Waals surface area contributed by atoms with Crippen molar-refractivity contribution in [3.63, 3.8) is 0 Å². The first-order valence-corrected chi connectivity index (χ1v) is 7.99. The van der Waals surface area contributed by atoms with Crippen LogP contribution in [0.25, 0.3) is 0 Å². The summed E-state index contributed by atoms with van der Waals surface area (Å²) in [7, 11) is 0. The summed E-state index contributed by atoms with van der Waals surface area (Å²) in [6.07, 6.45) is 1.02. The van der Waals surface area contributed by atoms with Crippen molar-refractivity contribution in [2.45, 2.75) is 39.2 Å². The number of carbonyl (C=O) groups excluding carboxylic acids is 1. The van der Waals surface area contributed by atoms with Crippen molar-refractivity contribution in [1.82, 2.24) is 4.90 Å². The van der Waals surface area contributed by atoms with E-state index in [1.807, 2.05) is 6.92 Å². The van der Waals surface area contributed by atoms with E-state index >= 15 is 0 Å². The predicted molar refractivity (Wildman–Crippen MR) is 86.0 cm³/mol. The van der Waals surface area contributed by atoms with Gasteiger partial charge in [0.25, 0.3) is 0 Å². The fourth-order valence-electron chi connectivity index (χ4n) is 3.19. The molecule has 2 atom stereocenters. The van der Waals surface area contributed by atoms with Crippen molar-refractivity contribution < 1.29 is 19.1 Å². The number of nitrogens with zero attached hydrogens (tertiary/aromatic N) is 2. The lowest BCUT2D eigenvalue weighted by atomic mass is 9.90. The molecule has 1 saturated heterocycles. The highest BCUT2D eigenvalue weighted by molar-refractivity contribution is 5.93. The molecule has 1 aliphatic heterocycles. The van der Waals surface area contributed by atoms with Crippen LogP contribution >= 0.6 is 0 Å². The highest BCUT2D eigenvalue weighted by Crippen LogP contribution is 2.28. The lowest BCUT2D eigenvalue weighted by Gasteiger charge is -2.39. The number of carboxylic acid groups (broad SMARTS) is 1. The Kier molecular flexibility index (Phi) is 5.58. The van der Waals surface area contributed by atoms with Crippen LogP contribution in [0.1, 0.15) is 33.1 Å². The average molecular weight is 322 g/mol. The minimum absolute atomic E-state index is 0.0404. The lowest BCUT2D eigenvalue weighted by molar-refractivity contribution is -0.119. The molecule has 1 heterocycles. The van der Waals surface area contributed by atoms with Crippen molar-refractivity contribution in [2.75, 3.05) is 18.0 Å². The Morgan fingerprint density at radius 3 is 2.83 bits per heavy atom. The van der Waals surface area contributed by atoms with Gasteiger partial charge in [0, 0.05) is 31.2 Å². The Morgan fingerprint density at radius 2 is 2.22 bits per heavy atom. The normalized spacial score (nSPS) is 19.3. The second-order valence-electron chi connectivity index (χ2n) is 5.97. The highest BCUT2D eigenvalue weighted by atomic mass is 19.1. The number of halogens is 1. The van der Waals surface area contributed by atoms with Crippen LogP contribution in [0, 0.1) is 11.7 Å². The summed E-state index contributed by atoms with van der Waals surface area (Å²) in [4.78, 5) is 26.6. The van der Waals surface area contributed by atoms with Crippen LogP contribution in [-0.2, 0) is 4.79 Å². The topological polar surface area (TPSA) is 60.9 Å². The lowest BCUT2D eigenvalue weighted by Crippen LogP contribution is -2.49. The van der Waals surface area contributed by atoms with Crippen LogP contribution in [0.3, 0.4) is 0 Å². The van der Waals surface area contributed by atoms with Gasteiger partial charge >= 0.3 is 6.09 Å². The first-order valence-electron chi connectivity index (χ1n) is 7.99. The molecule has 2 amide bonds. The van der Waals surface area contributed by atoms with Gasteiger partial charge < -0.3 is 14.9 Å². The molecule has 1 aromatic rings. The number of carbonyl (C=O) groups is 2. The van der Waals surface area contributed by atoms with Crippen LogP contribution in [0.4, 0.5) is 14.9 Å². The zero-order valence-corrected chi connectivity index (χ0v) is 13.5. The number of hydrogen-bond donors (Lipinski definition) is 1. The molecular weight excluding hydrogens is 299 g/mol. The van der Waals surface area contributed by atoms with E-state index in [0.717, 1.165) is 12.8 Å². The van der Waals surface area contributed by atoms with E-state index < -0.39 is 6.09 Å². The number of hydrogen-bond acceptors (Lipinski definition) is 2. The maximum atomic E-state index is 13.5. The molecule has 0 aromatic heterocycles. The fourth-order valence-corrected chi connectivity index (χ4v) is 3.19. The van der Waals surface area contributed by atoms with Gasteiger partial charge in [0.15, 0.2) is 0 Å². The summed E-state index contributed by atoms with van der Waals surface area (Å²) in [5.74, 6) is -0.437. The number of rotatable bonds is 4.